The van der Waals surface area contributed by atoms with Gasteiger partial charge < -0.3 is 14.4 Å². The van der Waals surface area contributed by atoms with Gasteiger partial charge in [0.05, 0.1) is 18.1 Å². The lowest BCUT2D eigenvalue weighted by molar-refractivity contribution is -0.385. The van der Waals surface area contributed by atoms with Crippen LogP contribution in [0.25, 0.3) is 0 Å². The van der Waals surface area contributed by atoms with Crippen LogP contribution in [0.4, 0.5) is 5.69 Å². The summed E-state index contributed by atoms with van der Waals surface area (Å²) in [4.78, 5) is 24.7. The summed E-state index contributed by atoms with van der Waals surface area (Å²) >= 11 is 0. The third kappa shape index (κ3) is 2.82. The number of likely N-dealkylation sites (tertiary alicyclic amines) is 1. The number of carbonyl (C=O) groups excluding carboxylic acids is 1. The zero-order chi connectivity index (χ0) is 15.6. The van der Waals surface area contributed by atoms with Gasteiger partial charge in [0, 0.05) is 32.0 Å². The van der Waals surface area contributed by atoms with Crippen molar-refractivity contribution in [3.8, 4) is 0 Å². The van der Waals surface area contributed by atoms with E-state index in [0.29, 0.717) is 39.1 Å². The van der Waals surface area contributed by atoms with Crippen molar-refractivity contribution in [3.63, 3.8) is 0 Å². The monoisotopic (exact) mass is 306 g/mol. The van der Waals surface area contributed by atoms with Crippen molar-refractivity contribution in [1.29, 1.82) is 0 Å². The van der Waals surface area contributed by atoms with E-state index in [2.05, 4.69) is 0 Å². The minimum Gasteiger partial charge on any atom is -0.350 e. The van der Waals surface area contributed by atoms with E-state index in [9.17, 15) is 14.9 Å². The number of carbonyl (C=O) groups is 1. The molecule has 22 heavy (non-hydrogen) atoms. The van der Waals surface area contributed by atoms with Gasteiger partial charge in [-0.3, -0.25) is 14.9 Å². The van der Waals surface area contributed by atoms with Crippen LogP contribution >= 0.6 is 0 Å². The van der Waals surface area contributed by atoms with Crippen LogP contribution < -0.4 is 0 Å². The minimum absolute atomic E-state index is 0.133. The largest absolute Gasteiger partial charge is 0.350 e. The molecule has 1 aromatic carbocycles. The molecular formula is C15H18N2O5. The molecule has 2 aliphatic rings. The Morgan fingerprint density at radius 3 is 2.45 bits per heavy atom. The van der Waals surface area contributed by atoms with Crippen molar-refractivity contribution in [2.75, 3.05) is 26.3 Å². The summed E-state index contributed by atoms with van der Waals surface area (Å²) in [5.74, 6) is -0.879. The first-order valence-corrected chi connectivity index (χ1v) is 7.42. The molecule has 7 heteroatoms. The molecule has 0 aliphatic carbocycles. The van der Waals surface area contributed by atoms with Gasteiger partial charge in [0.25, 0.3) is 11.6 Å². The molecule has 7 nitrogen and oxygen atoms in total. The highest BCUT2D eigenvalue weighted by Crippen LogP contribution is 2.32. The first-order valence-electron chi connectivity index (χ1n) is 7.42. The van der Waals surface area contributed by atoms with E-state index in [1.165, 1.54) is 12.1 Å². The Bertz CT molecular complexity index is 573. The van der Waals surface area contributed by atoms with E-state index < -0.39 is 10.7 Å². The fourth-order valence-electron chi connectivity index (χ4n) is 2.94. The zero-order valence-corrected chi connectivity index (χ0v) is 12.2. The number of piperidine rings is 1. The molecule has 0 aromatic heterocycles. The van der Waals surface area contributed by atoms with Gasteiger partial charge in [-0.25, -0.2) is 0 Å². The summed E-state index contributed by atoms with van der Waals surface area (Å²) in [6.07, 6.45) is 2.08. The standard InChI is InChI=1S/C15H18N2O5/c18-14(12-4-1-2-5-13(12)17(19)20)16-8-6-15(7-9-16)21-10-3-11-22-15/h1-2,4-5H,3,6-11H2. The van der Waals surface area contributed by atoms with E-state index >= 15 is 0 Å². The molecule has 3 rings (SSSR count). The number of nitro benzene ring substituents is 1. The molecule has 2 heterocycles. The highest BCUT2D eigenvalue weighted by Gasteiger charge is 2.40. The summed E-state index contributed by atoms with van der Waals surface area (Å²) in [5.41, 5.74) is -0.0214. The number of benzene rings is 1. The quantitative estimate of drug-likeness (QED) is 0.616. The summed E-state index contributed by atoms with van der Waals surface area (Å²) in [6, 6.07) is 6.05. The second-order valence-corrected chi connectivity index (χ2v) is 5.53. The number of hydrogen-bond acceptors (Lipinski definition) is 5. The number of rotatable bonds is 2. The van der Waals surface area contributed by atoms with Gasteiger partial charge in [0.15, 0.2) is 5.79 Å². The number of amides is 1. The van der Waals surface area contributed by atoms with Crippen LogP contribution in [-0.2, 0) is 9.47 Å². The lowest BCUT2D eigenvalue weighted by Gasteiger charge is -2.43. The molecule has 1 aromatic rings. The van der Waals surface area contributed by atoms with E-state index in [0.717, 1.165) is 6.42 Å². The Morgan fingerprint density at radius 1 is 1.18 bits per heavy atom. The molecule has 2 aliphatic heterocycles. The second-order valence-electron chi connectivity index (χ2n) is 5.53. The number of para-hydroxylation sites is 1. The van der Waals surface area contributed by atoms with Crippen molar-refractivity contribution >= 4 is 11.6 Å². The van der Waals surface area contributed by atoms with E-state index in [1.54, 1.807) is 17.0 Å². The van der Waals surface area contributed by atoms with Crippen molar-refractivity contribution in [1.82, 2.24) is 4.90 Å². The van der Waals surface area contributed by atoms with E-state index in [4.69, 9.17) is 9.47 Å². The molecule has 0 bridgehead atoms. The van der Waals surface area contributed by atoms with Crippen molar-refractivity contribution < 1.29 is 19.2 Å². The molecule has 2 saturated heterocycles. The Kier molecular flexibility index (Phi) is 4.08. The number of hydrogen-bond donors (Lipinski definition) is 0. The van der Waals surface area contributed by atoms with E-state index in [1.807, 2.05) is 0 Å². The Labute approximate surface area is 128 Å². The van der Waals surface area contributed by atoms with Crippen molar-refractivity contribution in [2.45, 2.75) is 25.0 Å². The average Bonchev–Trinajstić information content (AvgIpc) is 2.56. The van der Waals surface area contributed by atoms with Crippen LogP contribution in [-0.4, -0.2) is 47.8 Å². The number of nitrogens with zero attached hydrogens (tertiary/aromatic N) is 2. The van der Waals surface area contributed by atoms with Crippen LogP contribution in [0.2, 0.25) is 0 Å². The maximum Gasteiger partial charge on any atom is 0.282 e. The molecule has 0 N–H and O–H groups in total. The zero-order valence-electron chi connectivity index (χ0n) is 12.2. The van der Waals surface area contributed by atoms with Gasteiger partial charge in [-0.05, 0) is 12.5 Å². The van der Waals surface area contributed by atoms with Gasteiger partial charge in [-0.15, -0.1) is 0 Å². The molecule has 0 radical (unpaired) electrons. The van der Waals surface area contributed by atoms with Gasteiger partial charge in [-0.1, -0.05) is 12.1 Å². The van der Waals surface area contributed by atoms with Crippen LogP contribution in [0.3, 0.4) is 0 Å². The van der Waals surface area contributed by atoms with Crippen LogP contribution in [0.1, 0.15) is 29.6 Å². The van der Waals surface area contributed by atoms with Crippen LogP contribution in [0, 0.1) is 10.1 Å². The summed E-state index contributed by atoms with van der Waals surface area (Å²) in [6.45, 7) is 2.31. The predicted octanol–water partition coefficient (Wildman–Crippen LogP) is 1.96. The smallest absolute Gasteiger partial charge is 0.282 e. The minimum atomic E-state index is -0.572. The van der Waals surface area contributed by atoms with Crippen molar-refractivity contribution in [3.05, 3.63) is 39.9 Å². The Hall–Kier alpha value is -1.99. The second kappa shape index (κ2) is 6.02. The summed E-state index contributed by atoms with van der Waals surface area (Å²) in [5, 5.41) is 11.0. The number of nitro groups is 1. The van der Waals surface area contributed by atoms with Gasteiger partial charge in [0.1, 0.15) is 5.56 Å². The topological polar surface area (TPSA) is 81.9 Å². The Morgan fingerprint density at radius 2 is 1.82 bits per heavy atom. The first-order chi connectivity index (χ1) is 10.6. The number of ether oxygens (including phenoxy) is 2. The third-order valence-electron chi connectivity index (χ3n) is 4.16. The molecule has 2 fully saturated rings. The molecule has 0 saturated carbocycles. The molecule has 1 spiro atoms. The summed E-state index contributed by atoms with van der Waals surface area (Å²) in [7, 11) is 0. The van der Waals surface area contributed by atoms with Gasteiger partial charge >= 0.3 is 0 Å². The third-order valence-corrected chi connectivity index (χ3v) is 4.16. The highest BCUT2D eigenvalue weighted by atomic mass is 16.7. The molecular weight excluding hydrogens is 288 g/mol. The van der Waals surface area contributed by atoms with Gasteiger partial charge in [0.2, 0.25) is 0 Å². The maximum absolute atomic E-state index is 12.5. The van der Waals surface area contributed by atoms with Crippen LogP contribution in [0.5, 0.6) is 0 Å². The lowest BCUT2D eigenvalue weighted by atomic mass is 10.0. The average molecular weight is 306 g/mol. The first kappa shape index (κ1) is 14.9. The molecule has 0 atom stereocenters. The van der Waals surface area contributed by atoms with E-state index in [-0.39, 0.29) is 17.2 Å². The maximum atomic E-state index is 12.5. The van der Waals surface area contributed by atoms with Crippen molar-refractivity contribution in [2.24, 2.45) is 0 Å². The highest BCUT2D eigenvalue weighted by molar-refractivity contribution is 5.98. The molecule has 118 valence electrons. The van der Waals surface area contributed by atoms with Crippen LogP contribution in [0.15, 0.2) is 24.3 Å². The predicted molar refractivity (Wildman–Crippen MR) is 77.5 cm³/mol. The fraction of sp³-hybridized carbons (Fsp3) is 0.533. The summed E-state index contributed by atoms with van der Waals surface area (Å²) < 4.78 is 11.5. The molecule has 0 unspecified atom stereocenters. The normalized spacial score (nSPS) is 20.8. The fourth-order valence-corrected chi connectivity index (χ4v) is 2.94. The molecule has 1 amide bonds. The Balaban J connectivity index is 1.71. The SMILES string of the molecule is O=C(c1ccccc1[N+](=O)[O-])N1CCC2(CC1)OCCCO2. The van der Waals surface area contributed by atoms with Gasteiger partial charge in [-0.2, -0.15) is 0 Å². The lowest BCUT2D eigenvalue weighted by Crippen LogP contribution is -2.51.